The molecule has 4 nitrogen and oxygen atoms in total. The Bertz CT molecular complexity index is 511. The molecule has 2 N–H and O–H groups in total. The van der Waals surface area contributed by atoms with E-state index in [-0.39, 0.29) is 0 Å². The molecular weight excluding hydrogens is 238 g/mol. The fourth-order valence-corrected chi connectivity index (χ4v) is 1.75. The van der Waals surface area contributed by atoms with Gasteiger partial charge >= 0.3 is 0 Å². The molecule has 0 aliphatic heterocycles. The first kappa shape index (κ1) is 13.2. The standard InChI is InChI=1S/C15H19N3O/c1-3-16-15-11-13(9-10-17-15)18-12-5-7-14(8-6-12)19-4-2/h5-11H,3-4H2,1-2H3,(H2,16,17,18). The van der Waals surface area contributed by atoms with E-state index in [9.17, 15) is 0 Å². The Morgan fingerprint density at radius 1 is 1.05 bits per heavy atom. The maximum atomic E-state index is 5.41. The Morgan fingerprint density at radius 3 is 2.53 bits per heavy atom. The monoisotopic (exact) mass is 257 g/mol. The van der Waals surface area contributed by atoms with Crippen molar-refractivity contribution in [3.63, 3.8) is 0 Å². The summed E-state index contributed by atoms with van der Waals surface area (Å²) in [6.07, 6.45) is 1.79. The number of benzene rings is 1. The highest BCUT2D eigenvalue weighted by molar-refractivity contribution is 5.62. The number of nitrogens with zero attached hydrogens (tertiary/aromatic N) is 1. The van der Waals surface area contributed by atoms with Gasteiger partial charge in [-0.15, -0.1) is 0 Å². The summed E-state index contributed by atoms with van der Waals surface area (Å²) in [6, 6.07) is 11.8. The zero-order chi connectivity index (χ0) is 13.5. The van der Waals surface area contributed by atoms with E-state index in [1.165, 1.54) is 0 Å². The van der Waals surface area contributed by atoms with Gasteiger partial charge < -0.3 is 15.4 Å². The van der Waals surface area contributed by atoms with Crippen molar-refractivity contribution in [2.45, 2.75) is 13.8 Å². The zero-order valence-electron chi connectivity index (χ0n) is 11.3. The molecule has 0 spiro atoms. The molecule has 1 aromatic carbocycles. The number of anilines is 3. The van der Waals surface area contributed by atoms with Crippen LogP contribution in [-0.2, 0) is 0 Å². The number of aromatic nitrogens is 1. The summed E-state index contributed by atoms with van der Waals surface area (Å²) in [7, 11) is 0. The van der Waals surface area contributed by atoms with Crippen LogP contribution in [0.5, 0.6) is 5.75 Å². The van der Waals surface area contributed by atoms with Gasteiger partial charge in [0.2, 0.25) is 0 Å². The lowest BCUT2D eigenvalue weighted by atomic mass is 10.3. The number of ether oxygens (including phenoxy) is 1. The molecule has 0 radical (unpaired) electrons. The predicted molar refractivity (Wildman–Crippen MR) is 79.3 cm³/mol. The van der Waals surface area contributed by atoms with Gasteiger partial charge in [0.1, 0.15) is 11.6 Å². The van der Waals surface area contributed by atoms with Crippen LogP contribution in [-0.4, -0.2) is 18.1 Å². The van der Waals surface area contributed by atoms with E-state index >= 15 is 0 Å². The lowest BCUT2D eigenvalue weighted by Gasteiger charge is -2.09. The van der Waals surface area contributed by atoms with E-state index in [2.05, 4.69) is 15.6 Å². The van der Waals surface area contributed by atoms with E-state index in [0.717, 1.165) is 29.5 Å². The second-order valence-electron chi connectivity index (χ2n) is 4.04. The number of hydrogen-bond acceptors (Lipinski definition) is 4. The number of pyridine rings is 1. The Kier molecular flexibility index (Phi) is 4.61. The molecule has 0 fully saturated rings. The molecule has 0 atom stereocenters. The lowest BCUT2D eigenvalue weighted by molar-refractivity contribution is 0.340. The number of hydrogen-bond donors (Lipinski definition) is 2. The number of nitrogens with one attached hydrogen (secondary N) is 2. The van der Waals surface area contributed by atoms with Crippen molar-refractivity contribution in [2.75, 3.05) is 23.8 Å². The van der Waals surface area contributed by atoms with Crippen LogP contribution in [0.1, 0.15) is 13.8 Å². The third kappa shape index (κ3) is 3.88. The fourth-order valence-electron chi connectivity index (χ4n) is 1.75. The molecule has 0 amide bonds. The van der Waals surface area contributed by atoms with Crippen molar-refractivity contribution in [1.29, 1.82) is 0 Å². The SMILES string of the molecule is CCNc1cc(Nc2ccc(OCC)cc2)ccn1. The van der Waals surface area contributed by atoms with Crippen LogP contribution in [0.15, 0.2) is 42.6 Å². The molecule has 0 saturated carbocycles. The van der Waals surface area contributed by atoms with E-state index in [0.29, 0.717) is 6.61 Å². The fraction of sp³-hybridized carbons (Fsp3) is 0.267. The minimum Gasteiger partial charge on any atom is -0.494 e. The molecule has 0 bridgehead atoms. The molecule has 0 aliphatic carbocycles. The molecule has 1 aromatic heterocycles. The molecule has 4 heteroatoms. The van der Waals surface area contributed by atoms with Crippen LogP contribution in [0.2, 0.25) is 0 Å². The van der Waals surface area contributed by atoms with Crippen LogP contribution in [0.25, 0.3) is 0 Å². The van der Waals surface area contributed by atoms with E-state index in [4.69, 9.17) is 4.74 Å². The van der Waals surface area contributed by atoms with Gasteiger partial charge in [0, 0.05) is 30.2 Å². The van der Waals surface area contributed by atoms with Gasteiger partial charge in [0.15, 0.2) is 0 Å². The van der Waals surface area contributed by atoms with Crippen LogP contribution in [0.3, 0.4) is 0 Å². The first-order chi connectivity index (χ1) is 9.31. The molecule has 1 heterocycles. The van der Waals surface area contributed by atoms with Gasteiger partial charge in [-0.3, -0.25) is 0 Å². The molecule has 19 heavy (non-hydrogen) atoms. The Labute approximate surface area is 113 Å². The normalized spacial score (nSPS) is 10.0. The highest BCUT2D eigenvalue weighted by atomic mass is 16.5. The van der Waals surface area contributed by atoms with Gasteiger partial charge in [-0.2, -0.15) is 0 Å². The summed E-state index contributed by atoms with van der Waals surface area (Å²) in [5, 5.41) is 6.52. The smallest absolute Gasteiger partial charge is 0.127 e. The molecular formula is C15H19N3O. The second-order valence-corrected chi connectivity index (χ2v) is 4.04. The van der Waals surface area contributed by atoms with Crippen molar-refractivity contribution in [3.05, 3.63) is 42.6 Å². The Hall–Kier alpha value is -2.23. The van der Waals surface area contributed by atoms with Crippen LogP contribution >= 0.6 is 0 Å². The first-order valence-corrected chi connectivity index (χ1v) is 6.51. The van der Waals surface area contributed by atoms with E-state index in [1.54, 1.807) is 6.20 Å². The first-order valence-electron chi connectivity index (χ1n) is 6.51. The van der Waals surface area contributed by atoms with Crippen LogP contribution in [0, 0.1) is 0 Å². The maximum Gasteiger partial charge on any atom is 0.127 e. The van der Waals surface area contributed by atoms with Gasteiger partial charge in [-0.25, -0.2) is 4.98 Å². The second kappa shape index (κ2) is 6.64. The summed E-state index contributed by atoms with van der Waals surface area (Å²) >= 11 is 0. The maximum absolute atomic E-state index is 5.41. The van der Waals surface area contributed by atoms with E-state index in [1.807, 2.05) is 50.2 Å². The van der Waals surface area contributed by atoms with E-state index < -0.39 is 0 Å². The van der Waals surface area contributed by atoms with Crippen molar-refractivity contribution < 1.29 is 4.74 Å². The van der Waals surface area contributed by atoms with Crippen molar-refractivity contribution >= 4 is 17.2 Å². The molecule has 100 valence electrons. The summed E-state index contributed by atoms with van der Waals surface area (Å²) in [4.78, 5) is 4.24. The predicted octanol–water partition coefficient (Wildman–Crippen LogP) is 3.66. The van der Waals surface area contributed by atoms with Crippen molar-refractivity contribution in [2.24, 2.45) is 0 Å². The van der Waals surface area contributed by atoms with Gasteiger partial charge in [-0.1, -0.05) is 0 Å². The molecule has 0 unspecified atom stereocenters. The number of rotatable bonds is 6. The molecule has 0 saturated heterocycles. The Balaban J connectivity index is 2.05. The van der Waals surface area contributed by atoms with Crippen LogP contribution in [0.4, 0.5) is 17.2 Å². The highest BCUT2D eigenvalue weighted by Gasteiger charge is 1.98. The van der Waals surface area contributed by atoms with Crippen molar-refractivity contribution in [3.8, 4) is 5.75 Å². The van der Waals surface area contributed by atoms with Gasteiger partial charge in [0.05, 0.1) is 6.61 Å². The summed E-state index contributed by atoms with van der Waals surface area (Å²) < 4.78 is 5.41. The minimum absolute atomic E-state index is 0.684. The largest absolute Gasteiger partial charge is 0.494 e. The van der Waals surface area contributed by atoms with Crippen LogP contribution < -0.4 is 15.4 Å². The topological polar surface area (TPSA) is 46.2 Å². The third-order valence-electron chi connectivity index (χ3n) is 2.57. The quantitative estimate of drug-likeness (QED) is 0.829. The third-order valence-corrected chi connectivity index (χ3v) is 2.57. The summed E-state index contributed by atoms with van der Waals surface area (Å²) in [5.74, 6) is 1.76. The lowest BCUT2D eigenvalue weighted by Crippen LogP contribution is -2.00. The average Bonchev–Trinajstić information content (AvgIpc) is 2.42. The van der Waals surface area contributed by atoms with Gasteiger partial charge in [0.25, 0.3) is 0 Å². The zero-order valence-corrected chi connectivity index (χ0v) is 11.3. The molecule has 0 aliphatic rings. The molecule has 2 rings (SSSR count). The van der Waals surface area contributed by atoms with Gasteiger partial charge in [-0.05, 0) is 44.2 Å². The summed E-state index contributed by atoms with van der Waals surface area (Å²) in [6.45, 7) is 5.57. The highest BCUT2D eigenvalue weighted by Crippen LogP contribution is 2.21. The minimum atomic E-state index is 0.684. The Morgan fingerprint density at radius 2 is 1.84 bits per heavy atom. The molecule has 2 aromatic rings. The summed E-state index contributed by atoms with van der Waals surface area (Å²) in [5.41, 5.74) is 2.03. The van der Waals surface area contributed by atoms with Crippen molar-refractivity contribution in [1.82, 2.24) is 4.98 Å². The average molecular weight is 257 g/mol.